The van der Waals surface area contributed by atoms with Gasteiger partial charge < -0.3 is 10.2 Å². The molecule has 4 heterocycles. The summed E-state index contributed by atoms with van der Waals surface area (Å²) in [5, 5.41) is 8.42. The minimum atomic E-state index is 0.145. The van der Waals surface area contributed by atoms with Crippen LogP contribution in [0.15, 0.2) is 41.0 Å². The van der Waals surface area contributed by atoms with Crippen molar-refractivity contribution in [1.82, 2.24) is 29.9 Å². The van der Waals surface area contributed by atoms with E-state index in [1.165, 1.54) is 0 Å². The van der Waals surface area contributed by atoms with Gasteiger partial charge in [-0.05, 0) is 30.2 Å². The van der Waals surface area contributed by atoms with Crippen LogP contribution in [0.1, 0.15) is 31.2 Å². The number of rotatable bonds is 4. The zero-order valence-corrected chi connectivity index (χ0v) is 13.9. The lowest BCUT2D eigenvalue weighted by atomic mass is 10.1. The summed E-state index contributed by atoms with van der Waals surface area (Å²) < 4.78 is 7.09. The van der Waals surface area contributed by atoms with Crippen molar-refractivity contribution in [2.45, 2.75) is 26.3 Å². The normalized spacial score (nSPS) is 11.5. The Balaban J connectivity index is 1.78. The van der Waals surface area contributed by atoms with Gasteiger partial charge in [0.15, 0.2) is 16.9 Å². The number of hydrogen-bond acceptors (Lipinski definition) is 7. The molecule has 0 amide bonds. The summed E-state index contributed by atoms with van der Waals surface area (Å²) in [5.74, 6) is 1.08. The number of fused-ring (bicyclic) bond motifs is 1. The number of nitrogens with two attached hydrogens (primary N) is 1. The van der Waals surface area contributed by atoms with Gasteiger partial charge in [0, 0.05) is 5.69 Å². The molecule has 2 N–H and O–H groups in total. The molecule has 4 aromatic rings. The second kappa shape index (κ2) is 5.97. The van der Waals surface area contributed by atoms with Gasteiger partial charge in [0.1, 0.15) is 5.69 Å². The number of nitrogens with zero attached hydrogens (tertiary/aromatic N) is 6. The highest BCUT2D eigenvalue weighted by Crippen LogP contribution is 2.25. The first kappa shape index (κ1) is 15.3. The second-order valence-electron chi connectivity index (χ2n) is 6.04. The summed E-state index contributed by atoms with van der Waals surface area (Å²) in [6.07, 6.45) is 1.57. The molecule has 0 saturated heterocycles. The van der Waals surface area contributed by atoms with Crippen LogP contribution in [0.3, 0.4) is 0 Å². The van der Waals surface area contributed by atoms with Crippen LogP contribution < -0.4 is 5.73 Å². The van der Waals surface area contributed by atoms with Gasteiger partial charge >= 0.3 is 0 Å². The molecule has 4 rings (SSSR count). The molecule has 126 valence electrons. The zero-order valence-electron chi connectivity index (χ0n) is 13.9. The molecular weight excluding hydrogens is 318 g/mol. The van der Waals surface area contributed by atoms with E-state index >= 15 is 0 Å². The molecule has 0 aliphatic carbocycles. The largest absolute Gasteiger partial charge is 0.463 e. The maximum atomic E-state index is 5.87. The third-order valence-corrected chi connectivity index (χ3v) is 3.87. The Kier molecular flexibility index (Phi) is 3.64. The summed E-state index contributed by atoms with van der Waals surface area (Å²) >= 11 is 0. The summed E-state index contributed by atoms with van der Waals surface area (Å²) in [6, 6.07) is 9.55. The molecule has 0 fully saturated rings. The van der Waals surface area contributed by atoms with Crippen molar-refractivity contribution in [2.24, 2.45) is 0 Å². The van der Waals surface area contributed by atoms with Gasteiger partial charge in [-0.3, -0.25) is 4.98 Å². The standard InChI is InChI=1S/C17H17N7O/c1-10(2)12-6-3-5-11(19-12)9-24-16-15(22-23-24)14(20-17(18)21-16)13-7-4-8-25-13/h3-8,10H,9H2,1-2H3,(H2,18,20,21). The molecule has 0 saturated carbocycles. The lowest BCUT2D eigenvalue weighted by Gasteiger charge is -2.07. The Bertz CT molecular complexity index is 1020. The van der Waals surface area contributed by atoms with Crippen molar-refractivity contribution in [3.8, 4) is 11.5 Å². The molecule has 25 heavy (non-hydrogen) atoms. The summed E-state index contributed by atoms with van der Waals surface area (Å²) in [7, 11) is 0. The van der Waals surface area contributed by atoms with E-state index < -0.39 is 0 Å². The number of aromatic nitrogens is 6. The average molecular weight is 335 g/mol. The maximum absolute atomic E-state index is 5.87. The van der Waals surface area contributed by atoms with E-state index in [2.05, 4.69) is 39.1 Å². The monoisotopic (exact) mass is 335 g/mol. The third-order valence-electron chi connectivity index (χ3n) is 3.87. The Labute approximate surface area is 143 Å². The van der Waals surface area contributed by atoms with Crippen LogP contribution in [-0.4, -0.2) is 29.9 Å². The van der Waals surface area contributed by atoms with Gasteiger partial charge in [0.05, 0.1) is 18.5 Å². The first-order valence-electron chi connectivity index (χ1n) is 7.98. The first-order valence-corrected chi connectivity index (χ1v) is 7.98. The van der Waals surface area contributed by atoms with E-state index in [-0.39, 0.29) is 5.95 Å². The quantitative estimate of drug-likeness (QED) is 0.610. The van der Waals surface area contributed by atoms with Crippen LogP contribution in [0.5, 0.6) is 0 Å². The van der Waals surface area contributed by atoms with Crippen molar-refractivity contribution in [3.63, 3.8) is 0 Å². The summed E-state index contributed by atoms with van der Waals surface area (Å²) in [5.41, 5.74) is 9.41. The highest BCUT2D eigenvalue weighted by Gasteiger charge is 2.17. The molecular formula is C17H17N7O. The predicted molar refractivity (Wildman–Crippen MR) is 92.7 cm³/mol. The van der Waals surface area contributed by atoms with Crippen LogP contribution in [0.2, 0.25) is 0 Å². The van der Waals surface area contributed by atoms with Crippen molar-refractivity contribution in [3.05, 3.63) is 48.0 Å². The number of furan rings is 1. The molecule has 8 heteroatoms. The van der Waals surface area contributed by atoms with E-state index in [0.717, 1.165) is 11.4 Å². The number of anilines is 1. The molecule has 0 radical (unpaired) electrons. The Morgan fingerprint density at radius 3 is 2.76 bits per heavy atom. The molecule has 0 unspecified atom stereocenters. The fourth-order valence-electron chi connectivity index (χ4n) is 2.63. The fourth-order valence-corrected chi connectivity index (χ4v) is 2.63. The second-order valence-corrected chi connectivity index (χ2v) is 6.04. The van der Waals surface area contributed by atoms with Crippen LogP contribution in [0.4, 0.5) is 5.95 Å². The average Bonchev–Trinajstić information content (AvgIpc) is 3.25. The van der Waals surface area contributed by atoms with Crippen LogP contribution in [0.25, 0.3) is 22.6 Å². The lowest BCUT2D eigenvalue weighted by Crippen LogP contribution is -2.07. The molecule has 0 aromatic carbocycles. The highest BCUT2D eigenvalue weighted by molar-refractivity contribution is 5.85. The Morgan fingerprint density at radius 2 is 2.00 bits per heavy atom. The SMILES string of the molecule is CC(C)c1cccc(Cn2nnc3c(-c4ccco4)nc(N)nc32)n1. The zero-order chi connectivity index (χ0) is 17.4. The van der Waals surface area contributed by atoms with Crippen molar-refractivity contribution < 1.29 is 4.42 Å². The molecule has 0 spiro atoms. The van der Waals surface area contributed by atoms with Crippen LogP contribution in [-0.2, 0) is 6.54 Å². The molecule has 0 bridgehead atoms. The van der Waals surface area contributed by atoms with E-state index in [1.54, 1.807) is 23.1 Å². The number of nitrogen functional groups attached to an aromatic ring is 1. The van der Waals surface area contributed by atoms with Gasteiger partial charge in [-0.15, -0.1) is 5.10 Å². The van der Waals surface area contributed by atoms with Crippen molar-refractivity contribution in [2.75, 3.05) is 5.73 Å². The van der Waals surface area contributed by atoms with Crippen LogP contribution in [0, 0.1) is 0 Å². The van der Waals surface area contributed by atoms with Gasteiger partial charge in [-0.25, -0.2) is 9.67 Å². The number of pyridine rings is 1. The Morgan fingerprint density at radius 1 is 1.12 bits per heavy atom. The molecule has 4 aromatic heterocycles. The van der Waals surface area contributed by atoms with Gasteiger partial charge in [0.25, 0.3) is 0 Å². The van der Waals surface area contributed by atoms with Gasteiger partial charge in [-0.1, -0.05) is 25.1 Å². The van der Waals surface area contributed by atoms with Gasteiger partial charge in [0.2, 0.25) is 5.95 Å². The van der Waals surface area contributed by atoms with Crippen molar-refractivity contribution >= 4 is 17.1 Å². The summed E-state index contributed by atoms with van der Waals surface area (Å²) in [4.78, 5) is 13.2. The van der Waals surface area contributed by atoms with Crippen LogP contribution >= 0.6 is 0 Å². The van der Waals surface area contributed by atoms with E-state index in [4.69, 9.17) is 10.2 Å². The fraction of sp³-hybridized carbons (Fsp3) is 0.235. The van der Waals surface area contributed by atoms with E-state index in [1.807, 2.05) is 18.2 Å². The van der Waals surface area contributed by atoms with E-state index in [0.29, 0.717) is 35.1 Å². The minimum absolute atomic E-state index is 0.145. The highest BCUT2D eigenvalue weighted by atomic mass is 16.3. The van der Waals surface area contributed by atoms with E-state index in [9.17, 15) is 0 Å². The third kappa shape index (κ3) is 2.82. The first-order chi connectivity index (χ1) is 12.1. The van der Waals surface area contributed by atoms with Crippen molar-refractivity contribution in [1.29, 1.82) is 0 Å². The molecule has 8 nitrogen and oxygen atoms in total. The van der Waals surface area contributed by atoms with Gasteiger partial charge in [-0.2, -0.15) is 4.98 Å². The minimum Gasteiger partial charge on any atom is -0.463 e. The molecule has 0 aliphatic heterocycles. The molecule has 0 aliphatic rings. The number of hydrogen-bond donors (Lipinski definition) is 1. The summed E-state index contributed by atoms with van der Waals surface area (Å²) in [6.45, 7) is 4.67. The Hall–Kier alpha value is -3.29. The topological polar surface area (TPSA) is 109 Å². The lowest BCUT2D eigenvalue weighted by molar-refractivity contribution is 0.580. The maximum Gasteiger partial charge on any atom is 0.222 e. The molecule has 0 atom stereocenters. The predicted octanol–water partition coefficient (Wildman–Crippen LogP) is 2.63. The smallest absolute Gasteiger partial charge is 0.222 e.